The van der Waals surface area contributed by atoms with E-state index in [4.69, 9.17) is 5.26 Å². The Labute approximate surface area is 118 Å². The lowest BCUT2D eigenvalue weighted by molar-refractivity contribution is 0.0945. The van der Waals surface area contributed by atoms with Crippen molar-refractivity contribution in [2.75, 3.05) is 6.54 Å². The van der Waals surface area contributed by atoms with Crippen LogP contribution in [0.1, 0.15) is 52.8 Å². The zero-order valence-corrected chi connectivity index (χ0v) is 11.4. The number of ketones is 1. The molecular formula is C16H18N2O2. The summed E-state index contributed by atoms with van der Waals surface area (Å²) in [5.74, 6) is 0.289. The second-order valence-corrected chi connectivity index (χ2v) is 5.20. The van der Waals surface area contributed by atoms with E-state index in [1.807, 2.05) is 6.07 Å². The number of amides is 1. The van der Waals surface area contributed by atoms with Gasteiger partial charge in [0.1, 0.15) is 0 Å². The Kier molecular flexibility index (Phi) is 4.89. The average Bonchev–Trinajstić information content (AvgIpc) is 2.98. The quantitative estimate of drug-likeness (QED) is 0.836. The molecule has 2 rings (SSSR count). The molecule has 1 aromatic rings. The van der Waals surface area contributed by atoms with Crippen molar-refractivity contribution in [2.24, 2.45) is 5.92 Å². The van der Waals surface area contributed by atoms with E-state index in [-0.39, 0.29) is 18.1 Å². The molecule has 0 heterocycles. The number of carbonyl (C=O) groups is 2. The van der Waals surface area contributed by atoms with Crippen molar-refractivity contribution in [1.82, 2.24) is 5.32 Å². The second-order valence-electron chi connectivity index (χ2n) is 5.20. The number of hydrogen-bond acceptors (Lipinski definition) is 3. The first-order valence-corrected chi connectivity index (χ1v) is 6.99. The molecule has 104 valence electrons. The molecule has 4 nitrogen and oxygen atoms in total. The first kappa shape index (κ1) is 14.3. The van der Waals surface area contributed by atoms with Gasteiger partial charge < -0.3 is 5.32 Å². The van der Waals surface area contributed by atoms with Gasteiger partial charge in [0, 0.05) is 17.7 Å². The summed E-state index contributed by atoms with van der Waals surface area (Å²) in [5.41, 5.74) is 1.02. The number of rotatable bonds is 5. The standard InChI is InChI=1S/C16H18N2O2/c17-10-9-15(19)13-5-7-14(8-6-13)16(20)18-11-12-3-1-2-4-12/h5-8,12H,1-4,9,11H2,(H,18,20). The van der Waals surface area contributed by atoms with Gasteiger partial charge in [-0.3, -0.25) is 9.59 Å². The van der Waals surface area contributed by atoms with Crippen LogP contribution in [0.3, 0.4) is 0 Å². The Hall–Kier alpha value is -2.15. The third-order valence-corrected chi connectivity index (χ3v) is 3.73. The largest absolute Gasteiger partial charge is 0.352 e. The minimum absolute atomic E-state index is 0.101. The highest BCUT2D eigenvalue weighted by molar-refractivity contribution is 5.99. The fourth-order valence-corrected chi connectivity index (χ4v) is 2.53. The van der Waals surface area contributed by atoms with Gasteiger partial charge >= 0.3 is 0 Å². The lowest BCUT2D eigenvalue weighted by atomic mass is 10.1. The number of nitrogens with one attached hydrogen (secondary N) is 1. The molecule has 0 saturated heterocycles. The average molecular weight is 270 g/mol. The highest BCUT2D eigenvalue weighted by Gasteiger charge is 2.16. The number of Topliss-reactive ketones (excluding diaryl/α,β-unsaturated/α-hetero) is 1. The van der Waals surface area contributed by atoms with Gasteiger partial charge in [0.15, 0.2) is 5.78 Å². The summed E-state index contributed by atoms with van der Waals surface area (Å²) in [6, 6.07) is 8.30. The van der Waals surface area contributed by atoms with Crippen molar-refractivity contribution >= 4 is 11.7 Å². The molecule has 0 bridgehead atoms. The molecule has 1 saturated carbocycles. The summed E-state index contributed by atoms with van der Waals surface area (Å²) in [4.78, 5) is 23.5. The van der Waals surface area contributed by atoms with Crippen molar-refractivity contribution < 1.29 is 9.59 Å². The molecular weight excluding hydrogens is 252 g/mol. The van der Waals surface area contributed by atoms with Crippen LogP contribution in [-0.2, 0) is 0 Å². The lowest BCUT2D eigenvalue weighted by Gasteiger charge is -2.10. The smallest absolute Gasteiger partial charge is 0.251 e. The molecule has 1 N–H and O–H groups in total. The molecule has 20 heavy (non-hydrogen) atoms. The summed E-state index contributed by atoms with van der Waals surface area (Å²) in [6.07, 6.45) is 4.78. The van der Waals surface area contributed by atoms with Gasteiger partial charge in [0.05, 0.1) is 12.5 Å². The van der Waals surface area contributed by atoms with Crippen molar-refractivity contribution in [3.05, 3.63) is 35.4 Å². The molecule has 1 aromatic carbocycles. The monoisotopic (exact) mass is 270 g/mol. The van der Waals surface area contributed by atoms with E-state index in [1.54, 1.807) is 24.3 Å². The van der Waals surface area contributed by atoms with Crippen molar-refractivity contribution in [1.29, 1.82) is 5.26 Å². The Morgan fingerprint density at radius 2 is 1.75 bits per heavy atom. The fraction of sp³-hybridized carbons (Fsp3) is 0.438. The molecule has 0 aliphatic heterocycles. The second kappa shape index (κ2) is 6.85. The van der Waals surface area contributed by atoms with E-state index in [2.05, 4.69) is 5.32 Å². The highest BCUT2D eigenvalue weighted by atomic mass is 16.1. The zero-order chi connectivity index (χ0) is 14.4. The minimum atomic E-state index is -0.217. The molecule has 0 radical (unpaired) electrons. The highest BCUT2D eigenvalue weighted by Crippen LogP contribution is 2.23. The maximum Gasteiger partial charge on any atom is 0.251 e. The Morgan fingerprint density at radius 3 is 2.35 bits per heavy atom. The molecule has 0 atom stereocenters. The normalized spacial score (nSPS) is 14.8. The van der Waals surface area contributed by atoms with Crippen molar-refractivity contribution in [3.63, 3.8) is 0 Å². The fourth-order valence-electron chi connectivity index (χ4n) is 2.53. The van der Waals surface area contributed by atoms with Crippen LogP contribution in [0.4, 0.5) is 0 Å². The molecule has 0 aromatic heterocycles. The van der Waals surface area contributed by atoms with Gasteiger partial charge in [0.25, 0.3) is 5.91 Å². The van der Waals surface area contributed by atoms with Gasteiger partial charge in [-0.15, -0.1) is 0 Å². The van der Waals surface area contributed by atoms with Gasteiger partial charge in [0.2, 0.25) is 0 Å². The first-order chi connectivity index (χ1) is 9.70. The first-order valence-electron chi connectivity index (χ1n) is 6.99. The topological polar surface area (TPSA) is 70.0 Å². The third kappa shape index (κ3) is 3.67. The van der Waals surface area contributed by atoms with E-state index >= 15 is 0 Å². The van der Waals surface area contributed by atoms with Crippen LogP contribution in [0.25, 0.3) is 0 Å². The Bertz CT molecular complexity index is 522. The molecule has 1 fully saturated rings. The number of nitriles is 1. The van der Waals surface area contributed by atoms with E-state index in [0.29, 0.717) is 17.0 Å². The van der Waals surface area contributed by atoms with Gasteiger partial charge in [-0.25, -0.2) is 0 Å². The number of benzene rings is 1. The number of nitrogens with zero attached hydrogens (tertiary/aromatic N) is 1. The summed E-state index contributed by atoms with van der Waals surface area (Å²) in [5, 5.41) is 11.4. The van der Waals surface area contributed by atoms with Crippen LogP contribution < -0.4 is 5.32 Å². The van der Waals surface area contributed by atoms with E-state index in [9.17, 15) is 9.59 Å². The lowest BCUT2D eigenvalue weighted by Crippen LogP contribution is -2.28. The van der Waals surface area contributed by atoms with Crippen LogP contribution in [0.15, 0.2) is 24.3 Å². The number of hydrogen-bond donors (Lipinski definition) is 1. The predicted octanol–water partition coefficient (Wildman–Crippen LogP) is 2.70. The summed E-state index contributed by atoms with van der Waals surface area (Å²) in [6.45, 7) is 0.730. The van der Waals surface area contributed by atoms with E-state index < -0.39 is 0 Å². The molecule has 0 spiro atoms. The third-order valence-electron chi connectivity index (χ3n) is 3.73. The van der Waals surface area contributed by atoms with Gasteiger partial charge in [-0.2, -0.15) is 5.26 Å². The van der Waals surface area contributed by atoms with Gasteiger partial charge in [-0.1, -0.05) is 25.0 Å². The maximum absolute atomic E-state index is 12.0. The SMILES string of the molecule is N#CCC(=O)c1ccc(C(=O)NCC2CCCC2)cc1. The van der Waals surface area contributed by atoms with Crippen molar-refractivity contribution in [2.45, 2.75) is 32.1 Å². The van der Waals surface area contributed by atoms with E-state index in [0.717, 1.165) is 6.54 Å². The molecule has 4 heteroatoms. The van der Waals surface area contributed by atoms with Crippen LogP contribution in [0, 0.1) is 17.2 Å². The van der Waals surface area contributed by atoms with Crippen LogP contribution in [-0.4, -0.2) is 18.2 Å². The molecule has 0 unspecified atom stereocenters. The summed E-state index contributed by atoms with van der Waals surface area (Å²) >= 11 is 0. The van der Waals surface area contributed by atoms with Crippen LogP contribution in [0.5, 0.6) is 0 Å². The molecule has 1 aliphatic carbocycles. The zero-order valence-electron chi connectivity index (χ0n) is 11.4. The maximum atomic E-state index is 12.0. The summed E-state index contributed by atoms with van der Waals surface area (Å²) in [7, 11) is 0. The van der Waals surface area contributed by atoms with Gasteiger partial charge in [-0.05, 0) is 30.9 Å². The predicted molar refractivity (Wildman–Crippen MR) is 75.3 cm³/mol. The number of carbonyl (C=O) groups excluding carboxylic acids is 2. The Morgan fingerprint density at radius 1 is 1.15 bits per heavy atom. The summed E-state index contributed by atoms with van der Waals surface area (Å²) < 4.78 is 0. The van der Waals surface area contributed by atoms with Crippen LogP contribution >= 0.6 is 0 Å². The minimum Gasteiger partial charge on any atom is -0.352 e. The molecule has 1 amide bonds. The Balaban J connectivity index is 1.90. The van der Waals surface area contributed by atoms with Crippen LogP contribution in [0.2, 0.25) is 0 Å². The molecule has 1 aliphatic rings. The van der Waals surface area contributed by atoms with E-state index in [1.165, 1.54) is 25.7 Å². The van der Waals surface area contributed by atoms with Crippen molar-refractivity contribution in [3.8, 4) is 6.07 Å².